The maximum absolute atomic E-state index is 13.8. The van der Waals surface area contributed by atoms with E-state index in [2.05, 4.69) is 14.7 Å². The molecular formula is C28H18F5N3OS. The average Bonchev–Trinajstić information content (AvgIpc) is 3.30. The lowest BCUT2D eigenvalue weighted by Crippen LogP contribution is -2.17. The molecule has 38 heavy (non-hydrogen) atoms. The molecule has 0 bridgehead atoms. The predicted octanol–water partition coefficient (Wildman–Crippen LogP) is 7.39. The first-order valence-corrected chi connectivity index (χ1v) is 11.8. The van der Waals surface area contributed by atoms with E-state index in [1.54, 1.807) is 17.1 Å². The maximum atomic E-state index is 13.8. The van der Waals surface area contributed by atoms with Crippen LogP contribution in [0.1, 0.15) is 11.1 Å². The van der Waals surface area contributed by atoms with E-state index in [1.165, 1.54) is 42.5 Å². The molecule has 5 rings (SSSR count). The topological polar surface area (TPSA) is 39.4 Å². The Morgan fingerprint density at radius 1 is 0.974 bits per heavy atom. The van der Waals surface area contributed by atoms with Gasteiger partial charge >= 0.3 is 6.36 Å². The van der Waals surface area contributed by atoms with Crippen LogP contribution in [0.4, 0.5) is 22.0 Å². The second-order valence-corrected chi connectivity index (χ2v) is 9.03. The van der Waals surface area contributed by atoms with Crippen molar-refractivity contribution in [3.8, 4) is 11.4 Å². The Kier molecular flexibility index (Phi) is 6.90. The summed E-state index contributed by atoms with van der Waals surface area (Å²) in [6.45, 7) is 0.150. The highest BCUT2D eigenvalue weighted by atomic mass is 32.1. The lowest BCUT2D eigenvalue weighted by atomic mass is 10.1. The van der Waals surface area contributed by atoms with E-state index in [0.717, 1.165) is 27.4 Å². The van der Waals surface area contributed by atoms with E-state index in [9.17, 15) is 22.0 Å². The van der Waals surface area contributed by atoms with Crippen LogP contribution in [0.2, 0.25) is 0 Å². The summed E-state index contributed by atoms with van der Waals surface area (Å²) < 4.78 is 70.7. The van der Waals surface area contributed by atoms with Crippen molar-refractivity contribution in [1.82, 2.24) is 9.55 Å². The number of benzene rings is 4. The van der Waals surface area contributed by atoms with Gasteiger partial charge in [0.25, 0.3) is 0 Å². The van der Waals surface area contributed by atoms with Crippen LogP contribution in [0.15, 0.2) is 84.1 Å². The number of aromatic nitrogens is 2. The third kappa shape index (κ3) is 5.55. The second kappa shape index (κ2) is 10.3. The summed E-state index contributed by atoms with van der Waals surface area (Å²) >= 11 is 5.26. The molecule has 0 aliphatic carbocycles. The predicted molar refractivity (Wildman–Crippen MR) is 140 cm³/mol. The summed E-state index contributed by atoms with van der Waals surface area (Å²) in [5.41, 5.74) is 2.91. The first-order valence-electron chi connectivity index (χ1n) is 11.4. The number of aliphatic imine (C=N–C) groups is 1. The number of hydrogen-bond acceptors (Lipinski definition) is 4. The van der Waals surface area contributed by atoms with Crippen molar-refractivity contribution >= 4 is 45.1 Å². The van der Waals surface area contributed by atoms with E-state index < -0.39 is 18.0 Å². The van der Waals surface area contributed by atoms with E-state index in [0.29, 0.717) is 10.6 Å². The fourth-order valence-electron chi connectivity index (χ4n) is 4.13. The summed E-state index contributed by atoms with van der Waals surface area (Å²) in [6.07, 6.45) is -1.50. The molecular weight excluding hydrogens is 521 g/mol. The van der Waals surface area contributed by atoms with Gasteiger partial charge in [0, 0.05) is 34.1 Å². The fourth-order valence-corrected chi connectivity index (χ4v) is 4.35. The number of halogens is 5. The molecule has 0 aliphatic heterocycles. The van der Waals surface area contributed by atoms with Gasteiger partial charge in [0.1, 0.15) is 23.7 Å². The number of alkyl halides is 3. The second-order valence-electron chi connectivity index (χ2n) is 8.46. The standard InChI is InChI=1S/C28H18F5N3OS/c29-24-2-1-3-25(30)23(24)13-21(38)15-34-14-17-4-10-22-18(12-17)5-11-26-27(22)35-16-36(26)19-6-8-20(9-7-19)37-28(31,32)33/h1-12,14,16H,13,15H2. The van der Waals surface area contributed by atoms with Crippen molar-refractivity contribution in [2.24, 2.45) is 4.99 Å². The molecule has 4 aromatic carbocycles. The molecule has 10 heteroatoms. The van der Waals surface area contributed by atoms with Crippen molar-refractivity contribution in [1.29, 1.82) is 0 Å². The minimum absolute atomic E-state index is 0.0123. The first-order chi connectivity index (χ1) is 18.2. The summed E-state index contributed by atoms with van der Waals surface area (Å²) in [5, 5.41) is 1.80. The zero-order chi connectivity index (χ0) is 26.9. The molecule has 0 unspecified atom stereocenters. The fraction of sp³-hybridized carbons (Fsp3) is 0.107. The Bertz CT molecular complexity index is 1660. The summed E-state index contributed by atoms with van der Waals surface area (Å²) in [6, 6.07) is 18.8. The molecule has 0 saturated carbocycles. The number of thiocarbonyl (C=S) groups is 1. The van der Waals surface area contributed by atoms with Gasteiger partial charge in [0.05, 0.1) is 17.6 Å². The molecule has 0 spiro atoms. The highest BCUT2D eigenvalue weighted by Crippen LogP contribution is 2.29. The number of ether oxygens (including phenoxy) is 1. The molecule has 5 aromatic rings. The Morgan fingerprint density at radius 2 is 1.71 bits per heavy atom. The third-order valence-corrected chi connectivity index (χ3v) is 6.12. The van der Waals surface area contributed by atoms with Gasteiger partial charge in [-0.15, -0.1) is 13.2 Å². The molecule has 0 aliphatic rings. The monoisotopic (exact) mass is 539 g/mol. The van der Waals surface area contributed by atoms with Gasteiger partial charge in [0.2, 0.25) is 0 Å². The number of hydrogen-bond donors (Lipinski definition) is 0. The summed E-state index contributed by atoms with van der Waals surface area (Å²) in [4.78, 5) is 9.25. The van der Waals surface area contributed by atoms with Crippen LogP contribution < -0.4 is 4.74 Å². The lowest BCUT2D eigenvalue weighted by molar-refractivity contribution is -0.274. The number of nitrogens with zero attached hydrogens (tertiary/aromatic N) is 3. The van der Waals surface area contributed by atoms with E-state index >= 15 is 0 Å². The van der Waals surface area contributed by atoms with Crippen molar-refractivity contribution < 1.29 is 26.7 Å². The molecule has 0 radical (unpaired) electrons. The maximum Gasteiger partial charge on any atom is 0.573 e. The van der Waals surface area contributed by atoms with Gasteiger partial charge in [-0.3, -0.25) is 9.56 Å². The number of fused-ring (bicyclic) bond motifs is 3. The van der Waals surface area contributed by atoms with Crippen molar-refractivity contribution in [3.05, 3.63) is 102 Å². The molecule has 0 fully saturated rings. The molecule has 0 atom stereocenters. The van der Waals surface area contributed by atoms with E-state index in [4.69, 9.17) is 12.2 Å². The molecule has 192 valence electrons. The van der Waals surface area contributed by atoms with Gasteiger partial charge in [-0.05, 0) is 59.5 Å². The zero-order valence-electron chi connectivity index (χ0n) is 19.5. The SMILES string of the molecule is Fc1cccc(F)c1CC(=S)CN=Cc1ccc2c(ccc3c2ncn3-c2ccc(OC(F)(F)F)cc2)c1. The molecule has 0 N–H and O–H groups in total. The normalized spacial score (nSPS) is 12.0. The Morgan fingerprint density at radius 3 is 2.42 bits per heavy atom. The van der Waals surface area contributed by atoms with E-state index in [1.807, 2.05) is 30.3 Å². The van der Waals surface area contributed by atoms with Crippen LogP contribution in [0.5, 0.6) is 5.75 Å². The van der Waals surface area contributed by atoms with Crippen LogP contribution >= 0.6 is 12.2 Å². The lowest BCUT2D eigenvalue weighted by Gasteiger charge is -2.10. The van der Waals surface area contributed by atoms with Gasteiger partial charge < -0.3 is 4.74 Å². The quantitative estimate of drug-likeness (QED) is 0.123. The van der Waals surface area contributed by atoms with Gasteiger partial charge in [-0.25, -0.2) is 13.8 Å². The van der Waals surface area contributed by atoms with Crippen molar-refractivity contribution in [2.75, 3.05) is 6.54 Å². The van der Waals surface area contributed by atoms with Crippen LogP contribution in [-0.2, 0) is 6.42 Å². The van der Waals surface area contributed by atoms with Gasteiger partial charge in [-0.2, -0.15) is 0 Å². The van der Waals surface area contributed by atoms with Crippen molar-refractivity contribution in [3.63, 3.8) is 0 Å². The van der Waals surface area contributed by atoms with Crippen LogP contribution in [0, 0.1) is 11.6 Å². The largest absolute Gasteiger partial charge is 0.573 e. The Hall–Kier alpha value is -4.18. The molecule has 0 amide bonds. The van der Waals surface area contributed by atoms with Gasteiger partial charge in [-0.1, -0.05) is 36.5 Å². The highest BCUT2D eigenvalue weighted by Gasteiger charge is 2.31. The minimum atomic E-state index is -4.75. The van der Waals surface area contributed by atoms with Crippen molar-refractivity contribution in [2.45, 2.75) is 12.8 Å². The third-order valence-electron chi connectivity index (χ3n) is 5.85. The van der Waals surface area contributed by atoms with Crippen LogP contribution in [0.25, 0.3) is 27.5 Å². The van der Waals surface area contributed by atoms with Crippen LogP contribution in [0.3, 0.4) is 0 Å². The number of rotatable bonds is 7. The summed E-state index contributed by atoms with van der Waals surface area (Å²) in [5.74, 6) is -1.57. The minimum Gasteiger partial charge on any atom is -0.406 e. The highest BCUT2D eigenvalue weighted by molar-refractivity contribution is 7.80. The van der Waals surface area contributed by atoms with Gasteiger partial charge in [0.15, 0.2) is 0 Å². The van der Waals surface area contributed by atoms with Crippen LogP contribution in [-0.4, -0.2) is 33.5 Å². The first kappa shape index (κ1) is 25.5. The Balaban J connectivity index is 1.32. The Labute approximate surface area is 219 Å². The number of imidazole rings is 1. The summed E-state index contributed by atoms with van der Waals surface area (Å²) in [7, 11) is 0. The average molecular weight is 540 g/mol. The smallest absolute Gasteiger partial charge is 0.406 e. The molecule has 1 aromatic heterocycles. The van der Waals surface area contributed by atoms with E-state index in [-0.39, 0.29) is 24.3 Å². The zero-order valence-corrected chi connectivity index (χ0v) is 20.4. The molecule has 4 nitrogen and oxygen atoms in total. The molecule has 1 heterocycles. The molecule has 0 saturated heterocycles.